The van der Waals surface area contributed by atoms with Crippen LogP contribution < -0.4 is 9.99 Å². The first-order chi connectivity index (χ1) is 17.6. The Morgan fingerprint density at radius 3 is 2.58 bits per heavy atom. The second kappa shape index (κ2) is 10.6. The molecule has 1 aromatic heterocycles. The number of halogens is 1. The molecule has 0 aliphatic rings. The van der Waals surface area contributed by atoms with Gasteiger partial charge < -0.3 is 5.11 Å². The molecule has 3 N–H and O–H groups in total. The SMILES string of the molecule is O=C(CSc1n[nH]c(-c2ccccc2)[n+]1-c1ccc(Cl)cc1)N/N=C/c1c(O)ccc2ccccc12. The smallest absolute Gasteiger partial charge is 0.342 e. The molecule has 0 atom stereocenters. The van der Waals surface area contributed by atoms with Gasteiger partial charge in [0.15, 0.2) is 0 Å². The number of carbonyl (C=O) groups excluding carboxylic acids is 1. The predicted octanol–water partition coefficient (Wildman–Crippen LogP) is 5.11. The third-order valence-corrected chi connectivity index (χ3v) is 6.66. The van der Waals surface area contributed by atoms with Crippen LogP contribution in [-0.2, 0) is 4.79 Å². The maximum absolute atomic E-state index is 12.6. The van der Waals surface area contributed by atoms with Crippen LogP contribution in [0.2, 0.25) is 5.02 Å². The summed E-state index contributed by atoms with van der Waals surface area (Å²) in [6, 6.07) is 28.3. The van der Waals surface area contributed by atoms with Gasteiger partial charge in [-0.3, -0.25) is 4.79 Å². The van der Waals surface area contributed by atoms with Crippen molar-refractivity contribution in [2.45, 2.75) is 5.16 Å². The average molecular weight is 515 g/mol. The highest BCUT2D eigenvalue weighted by molar-refractivity contribution is 7.99. The van der Waals surface area contributed by atoms with Gasteiger partial charge in [-0.2, -0.15) is 9.67 Å². The van der Waals surface area contributed by atoms with Gasteiger partial charge in [0.2, 0.25) is 0 Å². The summed E-state index contributed by atoms with van der Waals surface area (Å²) in [6.45, 7) is 0. The fourth-order valence-electron chi connectivity index (χ4n) is 3.76. The van der Waals surface area contributed by atoms with Gasteiger partial charge >= 0.3 is 5.16 Å². The molecule has 5 aromatic rings. The minimum absolute atomic E-state index is 0.0888. The Hall–Kier alpha value is -4.14. The number of phenols is 1. The molecule has 4 aromatic carbocycles. The van der Waals surface area contributed by atoms with Crippen LogP contribution in [0.15, 0.2) is 101 Å². The molecule has 0 fully saturated rings. The molecule has 0 saturated heterocycles. The van der Waals surface area contributed by atoms with E-state index in [2.05, 4.69) is 20.7 Å². The summed E-state index contributed by atoms with van der Waals surface area (Å²) in [5.74, 6) is 0.661. The number of hydrazone groups is 1. The topological polar surface area (TPSA) is 94.3 Å². The Balaban J connectivity index is 1.33. The Morgan fingerprint density at radius 1 is 1.03 bits per heavy atom. The van der Waals surface area contributed by atoms with E-state index < -0.39 is 0 Å². The number of nitrogens with one attached hydrogen (secondary N) is 2. The van der Waals surface area contributed by atoms with Crippen LogP contribution in [0.25, 0.3) is 27.8 Å². The molecular formula is C27H21ClN5O2S+. The van der Waals surface area contributed by atoms with E-state index in [1.54, 1.807) is 6.07 Å². The van der Waals surface area contributed by atoms with E-state index >= 15 is 0 Å². The highest BCUT2D eigenvalue weighted by Crippen LogP contribution is 2.25. The predicted molar refractivity (Wildman–Crippen MR) is 143 cm³/mol. The van der Waals surface area contributed by atoms with Gasteiger partial charge in [-0.05, 0) is 65.0 Å². The van der Waals surface area contributed by atoms with Gasteiger partial charge in [-0.15, -0.1) is 5.10 Å². The lowest BCUT2D eigenvalue weighted by Crippen LogP contribution is -2.34. The molecule has 5 rings (SSSR count). The number of phenolic OH excluding ortho intramolecular Hbond substituents is 1. The molecule has 9 heteroatoms. The Kier molecular flexibility index (Phi) is 6.97. The number of hydrogen-bond acceptors (Lipinski definition) is 5. The second-order valence-electron chi connectivity index (χ2n) is 7.83. The monoisotopic (exact) mass is 514 g/mol. The zero-order valence-electron chi connectivity index (χ0n) is 18.9. The molecule has 0 spiro atoms. The van der Waals surface area contributed by atoms with Crippen LogP contribution in [-0.4, -0.2) is 33.2 Å². The first-order valence-electron chi connectivity index (χ1n) is 11.1. The van der Waals surface area contributed by atoms with Crippen LogP contribution in [0.5, 0.6) is 5.75 Å². The van der Waals surface area contributed by atoms with Crippen molar-refractivity contribution in [3.63, 3.8) is 0 Å². The summed E-state index contributed by atoms with van der Waals surface area (Å²) in [4.78, 5) is 12.6. The summed E-state index contributed by atoms with van der Waals surface area (Å²) in [7, 11) is 0. The lowest BCUT2D eigenvalue weighted by atomic mass is 10.0. The molecule has 1 amide bonds. The zero-order chi connectivity index (χ0) is 24.9. The number of carbonyl (C=O) groups is 1. The normalized spacial score (nSPS) is 11.2. The molecule has 0 bridgehead atoms. The number of aromatic nitrogens is 3. The molecule has 178 valence electrons. The lowest BCUT2D eigenvalue weighted by molar-refractivity contribution is -0.625. The van der Waals surface area contributed by atoms with Crippen molar-refractivity contribution in [2.75, 3.05) is 5.75 Å². The number of thioether (sulfide) groups is 1. The fraction of sp³-hybridized carbons (Fsp3) is 0.0370. The fourth-order valence-corrected chi connectivity index (χ4v) is 4.65. The first kappa shape index (κ1) is 23.6. The Labute approximate surface area is 216 Å². The molecule has 0 unspecified atom stereocenters. The number of nitrogens with zero attached hydrogens (tertiary/aromatic N) is 3. The standard InChI is InChI=1S/C27H20ClN5O2S/c28-20-11-13-21(14-12-20)33-26(19-7-2-1-3-8-19)31-32-27(33)36-17-25(35)30-29-16-23-22-9-5-4-6-18(22)10-15-24(23)34/h1-16H,17H2,(H2,29,30,34,35)/p+1. The van der Waals surface area contributed by atoms with Gasteiger partial charge in [0.1, 0.15) is 11.4 Å². The number of rotatable bonds is 7. The number of hydrogen-bond donors (Lipinski definition) is 3. The molecule has 36 heavy (non-hydrogen) atoms. The first-order valence-corrected chi connectivity index (χ1v) is 12.4. The van der Waals surface area contributed by atoms with Crippen molar-refractivity contribution in [3.05, 3.63) is 102 Å². The summed E-state index contributed by atoms with van der Waals surface area (Å²) < 4.78 is 1.95. The van der Waals surface area contributed by atoms with Crippen LogP contribution in [0.3, 0.4) is 0 Å². The third kappa shape index (κ3) is 5.10. The highest BCUT2D eigenvalue weighted by Gasteiger charge is 2.24. The number of aromatic hydroxyl groups is 1. The highest BCUT2D eigenvalue weighted by atomic mass is 35.5. The Bertz CT molecular complexity index is 1550. The van der Waals surface area contributed by atoms with E-state index in [4.69, 9.17) is 11.6 Å². The summed E-state index contributed by atoms with van der Waals surface area (Å²) in [5, 5.41) is 24.9. The van der Waals surface area contributed by atoms with E-state index in [0.29, 0.717) is 15.7 Å². The quantitative estimate of drug-likeness (QED) is 0.122. The Morgan fingerprint density at radius 2 is 1.78 bits per heavy atom. The number of benzene rings is 4. The maximum Gasteiger partial charge on any atom is 0.342 e. The van der Waals surface area contributed by atoms with Crippen LogP contribution >= 0.6 is 23.4 Å². The largest absolute Gasteiger partial charge is 0.507 e. The van der Waals surface area contributed by atoms with Crippen molar-refractivity contribution in [1.29, 1.82) is 0 Å². The molecule has 1 heterocycles. The summed E-state index contributed by atoms with van der Waals surface area (Å²) >= 11 is 7.36. The van der Waals surface area contributed by atoms with E-state index in [0.717, 1.165) is 27.8 Å². The van der Waals surface area contributed by atoms with Gasteiger partial charge in [0.05, 0.1) is 22.6 Å². The second-order valence-corrected chi connectivity index (χ2v) is 9.21. The molecule has 0 radical (unpaired) electrons. The third-order valence-electron chi connectivity index (χ3n) is 5.47. The van der Waals surface area contributed by atoms with Crippen molar-refractivity contribution >= 4 is 46.3 Å². The van der Waals surface area contributed by atoms with Crippen molar-refractivity contribution in [1.82, 2.24) is 15.6 Å². The van der Waals surface area contributed by atoms with E-state index in [-0.39, 0.29) is 17.4 Å². The van der Waals surface area contributed by atoms with E-state index in [1.807, 2.05) is 89.5 Å². The number of H-pyrrole nitrogens is 1. The van der Waals surface area contributed by atoms with Crippen LogP contribution in [0.1, 0.15) is 5.56 Å². The number of amides is 1. The molecule has 0 aliphatic heterocycles. The minimum atomic E-state index is -0.303. The molecule has 7 nitrogen and oxygen atoms in total. The van der Waals surface area contributed by atoms with E-state index in [9.17, 15) is 9.90 Å². The lowest BCUT2D eigenvalue weighted by Gasteiger charge is -2.05. The number of fused-ring (bicyclic) bond motifs is 1. The van der Waals surface area contributed by atoms with Crippen molar-refractivity contribution in [3.8, 4) is 22.8 Å². The van der Waals surface area contributed by atoms with Crippen LogP contribution in [0, 0.1) is 0 Å². The van der Waals surface area contributed by atoms with Gasteiger partial charge in [-0.1, -0.05) is 60.1 Å². The van der Waals surface area contributed by atoms with Crippen molar-refractivity contribution < 1.29 is 14.5 Å². The summed E-state index contributed by atoms with van der Waals surface area (Å²) in [5.41, 5.74) is 4.89. The molecular weight excluding hydrogens is 494 g/mol. The maximum atomic E-state index is 12.6. The van der Waals surface area contributed by atoms with Crippen molar-refractivity contribution in [2.24, 2.45) is 5.10 Å². The minimum Gasteiger partial charge on any atom is -0.507 e. The summed E-state index contributed by atoms with van der Waals surface area (Å²) in [6.07, 6.45) is 1.45. The van der Waals surface area contributed by atoms with E-state index in [1.165, 1.54) is 18.0 Å². The van der Waals surface area contributed by atoms with Crippen LogP contribution in [0.4, 0.5) is 0 Å². The van der Waals surface area contributed by atoms with Gasteiger partial charge in [-0.25, -0.2) is 5.43 Å². The molecule has 0 aliphatic carbocycles. The zero-order valence-corrected chi connectivity index (χ0v) is 20.5. The molecule has 0 saturated carbocycles. The van der Waals surface area contributed by atoms with Gasteiger partial charge in [0.25, 0.3) is 11.7 Å². The average Bonchev–Trinajstić information content (AvgIpc) is 3.33. The van der Waals surface area contributed by atoms with Gasteiger partial charge in [0, 0.05) is 10.6 Å². The number of aromatic amines is 1.